The molecule has 3 atom stereocenters. The molecule has 2 aliphatic rings. The number of aryl methyl sites for hydroxylation is 2. The second kappa shape index (κ2) is 7.62. The van der Waals surface area contributed by atoms with Gasteiger partial charge in [-0.05, 0) is 66.9 Å². The molecule has 6 heteroatoms. The van der Waals surface area contributed by atoms with E-state index in [4.69, 9.17) is 4.84 Å². The van der Waals surface area contributed by atoms with E-state index in [1.807, 2.05) is 86.6 Å². The number of nitrogens with zero attached hydrogens (tertiary/aromatic N) is 2. The van der Waals surface area contributed by atoms with Crippen LogP contribution in [0.1, 0.15) is 22.7 Å². The number of anilines is 2. The molecule has 3 aromatic carbocycles. The Morgan fingerprint density at radius 2 is 1.58 bits per heavy atom. The molecule has 3 unspecified atom stereocenters. The number of imide groups is 1. The largest absolute Gasteiger partial charge is 0.273 e. The van der Waals surface area contributed by atoms with Crippen LogP contribution in [0.5, 0.6) is 0 Å². The van der Waals surface area contributed by atoms with Crippen LogP contribution in [0.3, 0.4) is 0 Å². The maximum atomic E-state index is 13.6. The van der Waals surface area contributed by atoms with Gasteiger partial charge in [0.25, 0.3) is 5.91 Å². The number of para-hydroxylation sites is 1. The number of rotatable bonds is 3. The average Bonchev–Trinajstić information content (AvgIpc) is 3.27. The predicted molar refractivity (Wildman–Crippen MR) is 123 cm³/mol. The summed E-state index contributed by atoms with van der Waals surface area (Å²) in [5, 5.41) is 1.71. The predicted octanol–water partition coefficient (Wildman–Crippen LogP) is 5.12. The smallest absolute Gasteiger partial charge is 0.266 e. The Labute approximate surface area is 189 Å². The molecule has 0 aliphatic carbocycles. The molecule has 0 spiro atoms. The minimum Gasteiger partial charge on any atom is -0.273 e. The van der Waals surface area contributed by atoms with Gasteiger partial charge in [-0.1, -0.05) is 52.3 Å². The second-order valence-electron chi connectivity index (χ2n) is 7.99. The standard InChI is InChI=1S/C25H21BrN2O3/c1-15-11-12-20(13-16(15)2)27-24(29)21-22(17-7-6-8-18(26)14-17)28(31-23(21)25(27)30)19-9-4-3-5-10-19/h3-14,21-23H,1-2H3. The van der Waals surface area contributed by atoms with Crippen molar-refractivity contribution >= 4 is 39.1 Å². The van der Waals surface area contributed by atoms with E-state index in [-0.39, 0.29) is 11.8 Å². The van der Waals surface area contributed by atoms with Crippen LogP contribution < -0.4 is 9.96 Å². The summed E-state index contributed by atoms with van der Waals surface area (Å²) in [5.41, 5.74) is 4.46. The number of fused-ring (bicyclic) bond motifs is 1. The highest BCUT2D eigenvalue weighted by Gasteiger charge is 2.60. The molecule has 2 aliphatic heterocycles. The van der Waals surface area contributed by atoms with Gasteiger partial charge in [0.15, 0.2) is 6.10 Å². The van der Waals surface area contributed by atoms with Crippen molar-refractivity contribution in [2.45, 2.75) is 26.0 Å². The van der Waals surface area contributed by atoms with Gasteiger partial charge in [0.05, 0.1) is 17.4 Å². The van der Waals surface area contributed by atoms with Gasteiger partial charge in [-0.25, -0.2) is 9.96 Å². The summed E-state index contributed by atoms with van der Waals surface area (Å²) in [6.07, 6.45) is -0.863. The average molecular weight is 477 g/mol. The summed E-state index contributed by atoms with van der Waals surface area (Å²) in [6, 6.07) is 22.6. The molecule has 156 valence electrons. The van der Waals surface area contributed by atoms with Crippen molar-refractivity contribution in [1.29, 1.82) is 0 Å². The Hall–Kier alpha value is -2.96. The molecule has 2 heterocycles. The molecule has 0 saturated carbocycles. The first-order valence-corrected chi connectivity index (χ1v) is 11.0. The zero-order chi connectivity index (χ0) is 21.7. The van der Waals surface area contributed by atoms with Crippen LogP contribution in [0, 0.1) is 19.8 Å². The van der Waals surface area contributed by atoms with Gasteiger partial charge in [0.2, 0.25) is 5.91 Å². The van der Waals surface area contributed by atoms with Crippen molar-refractivity contribution in [2.24, 2.45) is 5.92 Å². The van der Waals surface area contributed by atoms with E-state index in [2.05, 4.69) is 15.9 Å². The molecule has 0 aromatic heterocycles. The van der Waals surface area contributed by atoms with Crippen LogP contribution in [-0.4, -0.2) is 17.9 Å². The highest BCUT2D eigenvalue weighted by molar-refractivity contribution is 9.10. The van der Waals surface area contributed by atoms with E-state index in [1.54, 1.807) is 5.06 Å². The lowest BCUT2D eigenvalue weighted by atomic mass is 9.90. The number of halogens is 1. The lowest BCUT2D eigenvalue weighted by Crippen LogP contribution is -2.37. The third-order valence-electron chi connectivity index (χ3n) is 6.06. The van der Waals surface area contributed by atoms with Gasteiger partial charge in [0.1, 0.15) is 5.92 Å². The first kappa shape index (κ1) is 20.0. The summed E-state index contributed by atoms with van der Waals surface area (Å²) >= 11 is 3.53. The highest BCUT2D eigenvalue weighted by Crippen LogP contribution is 2.47. The van der Waals surface area contributed by atoms with Crippen LogP contribution in [0.2, 0.25) is 0 Å². The van der Waals surface area contributed by atoms with E-state index >= 15 is 0 Å². The zero-order valence-electron chi connectivity index (χ0n) is 17.2. The maximum absolute atomic E-state index is 13.6. The summed E-state index contributed by atoms with van der Waals surface area (Å²) in [5.74, 6) is -1.19. The lowest BCUT2D eigenvalue weighted by Gasteiger charge is -2.29. The number of carbonyl (C=O) groups excluding carboxylic acids is 2. The Morgan fingerprint density at radius 3 is 2.29 bits per heavy atom. The number of hydrogen-bond acceptors (Lipinski definition) is 4. The third kappa shape index (κ3) is 3.27. The minimum atomic E-state index is -0.863. The van der Waals surface area contributed by atoms with E-state index in [0.717, 1.165) is 26.9 Å². The minimum absolute atomic E-state index is 0.235. The Kier molecular flexibility index (Phi) is 4.91. The van der Waals surface area contributed by atoms with Gasteiger partial charge >= 0.3 is 0 Å². The van der Waals surface area contributed by atoms with Crippen molar-refractivity contribution in [3.63, 3.8) is 0 Å². The third-order valence-corrected chi connectivity index (χ3v) is 6.56. The summed E-state index contributed by atoms with van der Waals surface area (Å²) < 4.78 is 0.907. The SMILES string of the molecule is Cc1ccc(N2C(=O)C3ON(c4ccccc4)C(c4cccc(Br)c4)C3C2=O)cc1C. The molecular weight excluding hydrogens is 456 g/mol. The highest BCUT2D eigenvalue weighted by atomic mass is 79.9. The fourth-order valence-corrected chi connectivity index (χ4v) is 4.78. The van der Waals surface area contributed by atoms with Crippen LogP contribution in [0.4, 0.5) is 11.4 Å². The normalized spacial score (nSPS) is 22.9. The van der Waals surface area contributed by atoms with Gasteiger partial charge in [-0.2, -0.15) is 0 Å². The van der Waals surface area contributed by atoms with E-state index in [1.165, 1.54) is 4.90 Å². The Bertz CT molecular complexity index is 1180. The van der Waals surface area contributed by atoms with E-state index in [9.17, 15) is 9.59 Å². The van der Waals surface area contributed by atoms with Gasteiger partial charge in [0, 0.05) is 4.47 Å². The number of hydrogen-bond donors (Lipinski definition) is 0. The number of benzene rings is 3. The number of hydroxylamine groups is 1. The zero-order valence-corrected chi connectivity index (χ0v) is 18.7. The molecule has 0 bridgehead atoms. The Morgan fingerprint density at radius 1 is 0.806 bits per heavy atom. The fraction of sp³-hybridized carbons (Fsp3) is 0.200. The summed E-state index contributed by atoms with van der Waals surface area (Å²) in [6.45, 7) is 3.98. The summed E-state index contributed by atoms with van der Waals surface area (Å²) in [4.78, 5) is 34.4. The molecule has 5 nitrogen and oxygen atoms in total. The molecule has 5 rings (SSSR count). The molecule has 0 radical (unpaired) electrons. The molecule has 3 aromatic rings. The lowest BCUT2D eigenvalue weighted by molar-refractivity contribution is -0.126. The van der Waals surface area contributed by atoms with Crippen LogP contribution >= 0.6 is 15.9 Å². The maximum Gasteiger partial charge on any atom is 0.266 e. The van der Waals surface area contributed by atoms with E-state index < -0.39 is 18.1 Å². The van der Waals surface area contributed by atoms with Crippen molar-refractivity contribution in [3.8, 4) is 0 Å². The molecule has 31 heavy (non-hydrogen) atoms. The van der Waals surface area contributed by atoms with Gasteiger partial charge in [-0.3, -0.25) is 14.4 Å². The van der Waals surface area contributed by atoms with E-state index in [0.29, 0.717) is 5.69 Å². The second-order valence-corrected chi connectivity index (χ2v) is 8.91. The monoisotopic (exact) mass is 476 g/mol. The van der Waals surface area contributed by atoms with Crippen LogP contribution in [0.25, 0.3) is 0 Å². The van der Waals surface area contributed by atoms with Crippen molar-refractivity contribution in [3.05, 3.63) is 94.0 Å². The first-order chi connectivity index (χ1) is 15.0. The molecule has 2 saturated heterocycles. The first-order valence-electron chi connectivity index (χ1n) is 10.2. The molecular formula is C25H21BrN2O3. The topological polar surface area (TPSA) is 49.9 Å². The quantitative estimate of drug-likeness (QED) is 0.492. The number of carbonyl (C=O) groups is 2. The van der Waals surface area contributed by atoms with Crippen LogP contribution in [0.15, 0.2) is 77.3 Å². The molecule has 2 amide bonds. The van der Waals surface area contributed by atoms with Crippen molar-refractivity contribution in [2.75, 3.05) is 9.96 Å². The van der Waals surface area contributed by atoms with Gasteiger partial charge < -0.3 is 0 Å². The fourth-order valence-electron chi connectivity index (χ4n) is 4.36. The molecule has 0 N–H and O–H groups in total. The van der Waals surface area contributed by atoms with Crippen molar-refractivity contribution in [1.82, 2.24) is 0 Å². The number of amides is 2. The Balaban J connectivity index is 1.59. The van der Waals surface area contributed by atoms with Gasteiger partial charge in [-0.15, -0.1) is 0 Å². The molecule has 2 fully saturated rings. The van der Waals surface area contributed by atoms with Crippen LogP contribution in [-0.2, 0) is 14.4 Å². The summed E-state index contributed by atoms with van der Waals surface area (Å²) in [7, 11) is 0. The van der Waals surface area contributed by atoms with Crippen molar-refractivity contribution < 1.29 is 14.4 Å².